The third-order valence-corrected chi connectivity index (χ3v) is 3.12. The number of aromatic nitrogens is 2. The van der Waals surface area contributed by atoms with Crippen LogP contribution < -0.4 is 5.32 Å². The zero-order valence-corrected chi connectivity index (χ0v) is 9.03. The number of fused-ring (bicyclic) bond motifs is 1. The molecule has 16 heavy (non-hydrogen) atoms. The van der Waals surface area contributed by atoms with Crippen LogP contribution in [0.25, 0.3) is 0 Å². The largest absolute Gasteiger partial charge is 0.506 e. The Morgan fingerprint density at radius 3 is 3.00 bits per heavy atom. The van der Waals surface area contributed by atoms with Gasteiger partial charge in [0.15, 0.2) is 0 Å². The van der Waals surface area contributed by atoms with Crippen LogP contribution in [0.1, 0.15) is 11.1 Å². The molecule has 4 nitrogen and oxygen atoms in total. The van der Waals surface area contributed by atoms with Crippen molar-refractivity contribution in [2.45, 2.75) is 19.4 Å². The molecule has 0 saturated carbocycles. The first-order chi connectivity index (χ1) is 7.83. The average Bonchev–Trinajstić information content (AvgIpc) is 2.89. The van der Waals surface area contributed by atoms with Gasteiger partial charge in [-0.25, -0.2) is 0 Å². The molecule has 2 aromatic heterocycles. The van der Waals surface area contributed by atoms with Crippen molar-refractivity contribution in [2.24, 2.45) is 0 Å². The summed E-state index contributed by atoms with van der Waals surface area (Å²) in [5.41, 5.74) is 3.64. The fourth-order valence-corrected chi connectivity index (χ4v) is 2.21. The van der Waals surface area contributed by atoms with E-state index in [9.17, 15) is 5.11 Å². The van der Waals surface area contributed by atoms with Gasteiger partial charge in [0.2, 0.25) is 0 Å². The van der Waals surface area contributed by atoms with Gasteiger partial charge >= 0.3 is 0 Å². The zero-order chi connectivity index (χ0) is 11.0. The van der Waals surface area contributed by atoms with Gasteiger partial charge in [0.1, 0.15) is 5.75 Å². The number of nitrogens with one attached hydrogen (secondary N) is 2. The van der Waals surface area contributed by atoms with Crippen LogP contribution >= 0.6 is 0 Å². The fraction of sp³-hybridized carbons (Fsp3) is 0.333. The van der Waals surface area contributed by atoms with Gasteiger partial charge in [-0.2, -0.15) is 0 Å². The molecule has 4 heteroatoms. The van der Waals surface area contributed by atoms with E-state index in [-0.39, 0.29) is 0 Å². The number of H-pyrrole nitrogens is 1. The van der Waals surface area contributed by atoms with Crippen LogP contribution in [0.3, 0.4) is 0 Å². The van der Waals surface area contributed by atoms with Crippen LogP contribution in [0.15, 0.2) is 24.8 Å². The zero-order valence-electron chi connectivity index (χ0n) is 9.03. The molecule has 3 rings (SSSR count). The molecule has 1 aliphatic heterocycles. The molecule has 2 aromatic rings. The van der Waals surface area contributed by atoms with Crippen LogP contribution in [0.5, 0.6) is 5.75 Å². The molecule has 0 atom stereocenters. The third-order valence-electron chi connectivity index (χ3n) is 3.12. The summed E-state index contributed by atoms with van der Waals surface area (Å²) in [5, 5.41) is 12.8. The second kappa shape index (κ2) is 3.63. The smallest absolute Gasteiger partial charge is 0.136 e. The Bertz CT molecular complexity index is 477. The van der Waals surface area contributed by atoms with Gasteiger partial charge in [0, 0.05) is 43.4 Å². The highest BCUT2D eigenvalue weighted by Gasteiger charge is 2.12. The highest BCUT2D eigenvalue weighted by atomic mass is 16.3. The number of nitrogens with zero attached hydrogens (tertiary/aromatic N) is 1. The summed E-state index contributed by atoms with van der Waals surface area (Å²) >= 11 is 0. The molecule has 3 heterocycles. The Balaban J connectivity index is 1.69. The number of hydrogen-bond acceptors (Lipinski definition) is 2. The first kappa shape index (κ1) is 9.39. The number of rotatable bonds is 3. The molecule has 84 valence electrons. The van der Waals surface area contributed by atoms with E-state index >= 15 is 0 Å². The summed E-state index contributed by atoms with van der Waals surface area (Å²) in [6.45, 7) is 1.96. The quantitative estimate of drug-likeness (QED) is 0.733. The van der Waals surface area contributed by atoms with Gasteiger partial charge in [0.25, 0.3) is 0 Å². The van der Waals surface area contributed by atoms with Crippen molar-refractivity contribution in [3.05, 3.63) is 35.9 Å². The van der Waals surface area contributed by atoms with E-state index in [1.807, 2.05) is 6.20 Å². The molecular weight excluding hydrogens is 202 g/mol. The maximum atomic E-state index is 9.49. The molecule has 0 amide bonds. The van der Waals surface area contributed by atoms with Gasteiger partial charge in [-0.1, -0.05) is 0 Å². The molecule has 0 bridgehead atoms. The first-order valence-electron chi connectivity index (χ1n) is 5.60. The third kappa shape index (κ3) is 1.56. The van der Waals surface area contributed by atoms with Crippen molar-refractivity contribution in [3.8, 4) is 5.75 Å². The predicted molar refractivity (Wildman–Crippen MR) is 62.8 cm³/mol. The molecule has 3 N–H and O–H groups in total. The number of anilines is 1. The molecule has 0 aromatic carbocycles. The van der Waals surface area contributed by atoms with Crippen LogP contribution in [0.2, 0.25) is 0 Å². The molecule has 0 saturated heterocycles. The van der Waals surface area contributed by atoms with Crippen molar-refractivity contribution in [2.75, 3.05) is 11.9 Å². The minimum Gasteiger partial charge on any atom is -0.506 e. The van der Waals surface area contributed by atoms with E-state index in [2.05, 4.69) is 27.3 Å². The lowest BCUT2D eigenvalue weighted by molar-refractivity contribution is 0.467. The van der Waals surface area contributed by atoms with Crippen LogP contribution in [-0.4, -0.2) is 21.2 Å². The number of aromatic amines is 1. The predicted octanol–water partition coefficient (Wildman–Crippen LogP) is 1.73. The monoisotopic (exact) mass is 217 g/mol. The van der Waals surface area contributed by atoms with E-state index in [4.69, 9.17) is 0 Å². The van der Waals surface area contributed by atoms with E-state index in [0.717, 1.165) is 31.5 Å². The van der Waals surface area contributed by atoms with Crippen molar-refractivity contribution < 1.29 is 5.11 Å². The molecule has 0 spiro atoms. The first-order valence-corrected chi connectivity index (χ1v) is 5.60. The molecule has 1 aliphatic rings. The van der Waals surface area contributed by atoms with Gasteiger partial charge < -0.3 is 20.0 Å². The Kier molecular flexibility index (Phi) is 2.13. The van der Waals surface area contributed by atoms with Crippen LogP contribution in [0, 0.1) is 0 Å². The molecular formula is C12H15N3O. The van der Waals surface area contributed by atoms with Gasteiger partial charge in [-0.05, 0) is 18.4 Å². The van der Waals surface area contributed by atoms with Gasteiger partial charge in [-0.15, -0.1) is 0 Å². The minimum atomic E-state index is 0.359. The molecule has 0 aliphatic carbocycles. The van der Waals surface area contributed by atoms with E-state index in [1.165, 1.54) is 11.3 Å². The van der Waals surface area contributed by atoms with Crippen molar-refractivity contribution in [1.29, 1.82) is 0 Å². The van der Waals surface area contributed by atoms with E-state index < -0.39 is 0 Å². The van der Waals surface area contributed by atoms with Gasteiger partial charge in [0.05, 0.1) is 5.69 Å². The number of aromatic hydroxyl groups is 1. The Hall–Kier alpha value is -1.84. The van der Waals surface area contributed by atoms with Crippen LogP contribution in [-0.2, 0) is 19.4 Å². The lowest BCUT2D eigenvalue weighted by Crippen LogP contribution is -2.00. The molecule has 0 unspecified atom stereocenters. The topological polar surface area (TPSA) is 53.0 Å². The molecule has 0 radical (unpaired) electrons. The van der Waals surface area contributed by atoms with Gasteiger partial charge in [-0.3, -0.25) is 0 Å². The maximum absolute atomic E-state index is 9.49. The van der Waals surface area contributed by atoms with Crippen LogP contribution in [0.4, 0.5) is 5.69 Å². The summed E-state index contributed by atoms with van der Waals surface area (Å²) < 4.78 is 2.18. The van der Waals surface area contributed by atoms with E-state index in [0.29, 0.717) is 5.75 Å². The SMILES string of the molecule is Oc1c[nH]cc1CCn1cc2c(c1)NCC2. The summed E-state index contributed by atoms with van der Waals surface area (Å²) in [7, 11) is 0. The Labute approximate surface area is 93.9 Å². The summed E-state index contributed by atoms with van der Waals surface area (Å²) in [4.78, 5) is 2.90. The number of hydrogen-bond donors (Lipinski definition) is 3. The Morgan fingerprint density at radius 1 is 1.31 bits per heavy atom. The molecule has 0 fully saturated rings. The normalized spacial score (nSPS) is 13.8. The minimum absolute atomic E-state index is 0.359. The summed E-state index contributed by atoms with van der Waals surface area (Å²) in [6, 6.07) is 0. The van der Waals surface area contributed by atoms with Crippen molar-refractivity contribution in [1.82, 2.24) is 9.55 Å². The second-order valence-corrected chi connectivity index (χ2v) is 4.23. The standard InChI is InChI=1S/C12H15N3O/c16-12-6-13-5-9(12)2-4-15-7-10-1-3-14-11(10)8-15/h5-8,13-14,16H,1-4H2. The second-order valence-electron chi connectivity index (χ2n) is 4.23. The fourth-order valence-electron chi connectivity index (χ4n) is 2.21. The van der Waals surface area contributed by atoms with Crippen molar-refractivity contribution in [3.63, 3.8) is 0 Å². The highest BCUT2D eigenvalue weighted by Crippen LogP contribution is 2.23. The highest BCUT2D eigenvalue weighted by molar-refractivity contribution is 5.54. The van der Waals surface area contributed by atoms with Crippen molar-refractivity contribution >= 4 is 5.69 Å². The average molecular weight is 217 g/mol. The lowest BCUT2D eigenvalue weighted by atomic mass is 10.2. The Morgan fingerprint density at radius 2 is 2.25 bits per heavy atom. The lowest BCUT2D eigenvalue weighted by Gasteiger charge is -2.02. The maximum Gasteiger partial charge on any atom is 0.136 e. The summed E-state index contributed by atoms with van der Waals surface area (Å²) in [5.74, 6) is 0.359. The summed E-state index contributed by atoms with van der Waals surface area (Å²) in [6.07, 6.45) is 9.78. The van der Waals surface area contributed by atoms with E-state index in [1.54, 1.807) is 6.20 Å². The number of aryl methyl sites for hydroxylation is 2.